The Kier molecular flexibility index (Phi) is 4.26. The Hall–Kier alpha value is -1.58. The summed E-state index contributed by atoms with van der Waals surface area (Å²) in [5.41, 5.74) is 6.02. The van der Waals surface area contributed by atoms with Crippen molar-refractivity contribution in [2.45, 2.75) is 67.3 Å². The zero-order chi connectivity index (χ0) is 15.9. The van der Waals surface area contributed by atoms with Crippen molar-refractivity contribution in [2.24, 2.45) is 5.92 Å². The van der Waals surface area contributed by atoms with E-state index in [4.69, 9.17) is 0 Å². The van der Waals surface area contributed by atoms with Gasteiger partial charge in [-0.3, -0.25) is 0 Å². The van der Waals surface area contributed by atoms with Crippen molar-refractivity contribution in [3.05, 3.63) is 23.2 Å². The van der Waals surface area contributed by atoms with Gasteiger partial charge in [0.15, 0.2) is 0 Å². The van der Waals surface area contributed by atoms with E-state index in [0.717, 1.165) is 5.69 Å². The molecule has 0 spiro atoms. The van der Waals surface area contributed by atoms with Gasteiger partial charge in [0.05, 0.1) is 17.1 Å². The van der Waals surface area contributed by atoms with Gasteiger partial charge in [-0.2, -0.15) is 0 Å². The number of nitrogens with zero attached hydrogens (tertiary/aromatic N) is 4. The molecule has 0 unspecified atom stereocenters. The summed E-state index contributed by atoms with van der Waals surface area (Å²) in [4.78, 5) is 2.37. The van der Waals surface area contributed by atoms with Gasteiger partial charge in [-0.15, -0.1) is 5.10 Å². The number of allylic oxidation sites excluding steroid dienone is 2. The van der Waals surface area contributed by atoms with Gasteiger partial charge >= 0.3 is 0 Å². The third-order valence-electron chi connectivity index (χ3n) is 3.86. The molecule has 0 radical (unpaired) electrons. The smallest absolute Gasteiger partial charge is 0.114 e. The Morgan fingerprint density at radius 2 is 1.62 bits per heavy atom. The van der Waals surface area contributed by atoms with Crippen molar-refractivity contribution in [1.82, 2.24) is 19.9 Å². The minimum absolute atomic E-state index is 0.364. The molecule has 0 N–H and O–H groups in total. The van der Waals surface area contributed by atoms with Crippen molar-refractivity contribution < 1.29 is 0 Å². The lowest BCUT2D eigenvalue weighted by Gasteiger charge is -2.35. The normalized spacial score (nSPS) is 15.1. The van der Waals surface area contributed by atoms with Gasteiger partial charge in [0.25, 0.3) is 0 Å². The molecule has 0 saturated carbocycles. The van der Waals surface area contributed by atoms with E-state index in [2.05, 4.69) is 76.8 Å². The molecule has 4 heteroatoms. The molecule has 0 aromatic carbocycles. The van der Waals surface area contributed by atoms with Crippen LogP contribution in [0.25, 0.3) is 11.4 Å². The molecule has 0 aliphatic carbocycles. The summed E-state index contributed by atoms with van der Waals surface area (Å²) in [6.07, 6.45) is 2.24. The second kappa shape index (κ2) is 5.66. The first-order chi connectivity index (χ1) is 9.75. The molecule has 116 valence electrons. The Balaban J connectivity index is 2.77. The Morgan fingerprint density at radius 1 is 1.00 bits per heavy atom. The zero-order valence-electron chi connectivity index (χ0n) is 14.6. The van der Waals surface area contributed by atoms with Crippen LogP contribution >= 0.6 is 0 Å². The fourth-order valence-corrected chi connectivity index (χ4v) is 2.76. The van der Waals surface area contributed by atoms with Crippen LogP contribution in [0.15, 0.2) is 11.8 Å². The number of rotatable bonds is 3. The van der Waals surface area contributed by atoms with Crippen molar-refractivity contribution >= 4 is 11.4 Å². The first kappa shape index (κ1) is 15.8. The summed E-state index contributed by atoms with van der Waals surface area (Å²) in [6, 6.07) is 0.410. The molecule has 1 aromatic heterocycles. The predicted molar refractivity (Wildman–Crippen MR) is 88.5 cm³/mol. The molecular formula is C17H28N4. The minimum Gasteiger partial charge on any atom is -0.342 e. The fraction of sp³-hybridized carbons (Fsp3) is 0.647. The minimum atomic E-state index is 0.364. The third kappa shape index (κ3) is 2.63. The fourth-order valence-electron chi connectivity index (χ4n) is 2.76. The van der Waals surface area contributed by atoms with Crippen LogP contribution in [0.1, 0.15) is 72.7 Å². The average molecular weight is 288 g/mol. The van der Waals surface area contributed by atoms with Crippen molar-refractivity contribution in [3.63, 3.8) is 0 Å². The molecule has 1 aliphatic rings. The second-order valence-corrected chi connectivity index (χ2v) is 6.95. The summed E-state index contributed by atoms with van der Waals surface area (Å²) >= 11 is 0. The van der Waals surface area contributed by atoms with Crippen LogP contribution in [0.4, 0.5) is 0 Å². The first-order valence-electron chi connectivity index (χ1n) is 7.89. The van der Waals surface area contributed by atoms with E-state index in [9.17, 15) is 0 Å². The highest BCUT2D eigenvalue weighted by Gasteiger charge is 2.31. The standard InChI is InChI=1S/C17H28N4/c1-10(2)14-9-20(13(7)8)16(12(5)6)17-15(11(3)4)18-19-21(14)17/h9-11,13H,1-8H3. The highest BCUT2D eigenvalue weighted by molar-refractivity contribution is 5.74. The van der Waals surface area contributed by atoms with Gasteiger partial charge in [0.2, 0.25) is 0 Å². The summed E-state index contributed by atoms with van der Waals surface area (Å²) in [7, 11) is 0. The largest absolute Gasteiger partial charge is 0.342 e. The molecule has 4 nitrogen and oxygen atoms in total. The predicted octanol–water partition coefficient (Wildman–Crippen LogP) is 4.33. The van der Waals surface area contributed by atoms with Crippen LogP contribution in [0.5, 0.6) is 0 Å². The van der Waals surface area contributed by atoms with Gasteiger partial charge in [0, 0.05) is 12.2 Å². The van der Waals surface area contributed by atoms with Crippen LogP contribution in [-0.4, -0.2) is 25.9 Å². The Morgan fingerprint density at radius 3 is 2.05 bits per heavy atom. The van der Waals surface area contributed by atoms with E-state index in [1.54, 1.807) is 0 Å². The molecule has 2 heterocycles. The molecule has 0 saturated heterocycles. The lowest BCUT2D eigenvalue weighted by molar-refractivity contribution is 0.419. The van der Waals surface area contributed by atoms with E-state index in [0.29, 0.717) is 17.9 Å². The monoisotopic (exact) mass is 288 g/mol. The van der Waals surface area contributed by atoms with Crippen LogP contribution in [-0.2, 0) is 0 Å². The number of hydrogen-bond donors (Lipinski definition) is 0. The second-order valence-electron chi connectivity index (χ2n) is 6.95. The van der Waals surface area contributed by atoms with Gasteiger partial charge in [0.1, 0.15) is 5.69 Å². The van der Waals surface area contributed by atoms with Crippen molar-refractivity contribution in [3.8, 4) is 0 Å². The molecule has 21 heavy (non-hydrogen) atoms. The van der Waals surface area contributed by atoms with Crippen LogP contribution < -0.4 is 0 Å². The molecule has 0 atom stereocenters. The number of fused-ring (bicyclic) bond motifs is 1. The summed E-state index contributed by atoms with van der Waals surface area (Å²) in [5.74, 6) is 0.772. The maximum atomic E-state index is 4.47. The molecule has 0 amide bonds. The lowest BCUT2D eigenvalue weighted by Crippen LogP contribution is -2.32. The quantitative estimate of drug-likeness (QED) is 0.830. The third-order valence-corrected chi connectivity index (χ3v) is 3.86. The van der Waals surface area contributed by atoms with E-state index >= 15 is 0 Å². The van der Waals surface area contributed by atoms with Crippen LogP contribution in [0, 0.1) is 5.92 Å². The highest BCUT2D eigenvalue weighted by atomic mass is 15.5. The number of hydrogen-bond acceptors (Lipinski definition) is 3. The highest BCUT2D eigenvalue weighted by Crippen LogP contribution is 2.37. The molecular weight excluding hydrogens is 260 g/mol. The van der Waals surface area contributed by atoms with Gasteiger partial charge in [-0.05, 0) is 39.5 Å². The number of aromatic nitrogens is 3. The zero-order valence-corrected chi connectivity index (χ0v) is 14.6. The van der Waals surface area contributed by atoms with E-state index in [1.165, 1.54) is 22.7 Å². The molecule has 2 rings (SSSR count). The van der Waals surface area contributed by atoms with E-state index in [-0.39, 0.29) is 0 Å². The molecule has 0 bridgehead atoms. The topological polar surface area (TPSA) is 34.0 Å². The summed E-state index contributed by atoms with van der Waals surface area (Å²) in [5, 5.41) is 8.91. The summed E-state index contributed by atoms with van der Waals surface area (Å²) in [6.45, 7) is 17.6. The maximum Gasteiger partial charge on any atom is 0.114 e. The van der Waals surface area contributed by atoms with Gasteiger partial charge < -0.3 is 4.90 Å². The maximum absolute atomic E-state index is 4.47. The van der Waals surface area contributed by atoms with E-state index in [1.807, 2.05) is 4.68 Å². The van der Waals surface area contributed by atoms with Gasteiger partial charge in [-0.25, -0.2) is 4.68 Å². The van der Waals surface area contributed by atoms with E-state index < -0.39 is 0 Å². The van der Waals surface area contributed by atoms with Crippen LogP contribution in [0.2, 0.25) is 0 Å². The molecule has 1 aliphatic heterocycles. The lowest BCUT2D eigenvalue weighted by atomic mass is 9.99. The van der Waals surface area contributed by atoms with Crippen LogP contribution in [0.3, 0.4) is 0 Å². The molecule has 1 aromatic rings. The SMILES string of the molecule is CC(C)=C1c2c(C(C)C)nnn2C(C(C)C)=CN1C(C)C. The summed E-state index contributed by atoms with van der Waals surface area (Å²) < 4.78 is 2.04. The molecule has 0 fully saturated rings. The Bertz CT molecular complexity index is 584. The average Bonchev–Trinajstić information content (AvgIpc) is 2.80. The van der Waals surface area contributed by atoms with Gasteiger partial charge in [-0.1, -0.05) is 38.5 Å². The van der Waals surface area contributed by atoms with Crippen molar-refractivity contribution in [2.75, 3.05) is 0 Å². The van der Waals surface area contributed by atoms with Crippen molar-refractivity contribution in [1.29, 1.82) is 0 Å². The Labute approximate surface area is 128 Å². The first-order valence-corrected chi connectivity index (χ1v) is 7.89.